The van der Waals surface area contributed by atoms with Crippen molar-refractivity contribution in [1.29, 1.82) is 0 Å². The maximum atomic E-state index is 13.0. The average Bonchev–Trinajstić information content (AvgIpc) is 3.16. The van der Waals surface area contributed by atoms with Crippen molar-refractivity contribution in [2.24, 2.45) is 0 Å². The second kappa shape index (κ2) is 7.67. The molecule has 1 N–H and O–H groups in total. The third kappa shape index (κ3) is 4.00. The van der Waals surface area contributed by atoms with Gasteiger partial charge in [-0.15, -0.1) is 0 Å². The Morgan fingerprint density at radius 1 is 1.28 bits per heavy atom. The molecule has 3 rings (SSSR count). The molecule has 130 valence electrons. The summed E-state index contributed by atoms with van der Waals surface area (Å²) in [4.78, 5) is 27.0. The van der Waals surface area contributed by atoms with Crippen LogP contribution in [0.3, 0.4) is 0 Å². The fourth-order valence-electron chi connectivity index (χ4n) is 2.83. The molecular weight excluding hydrogens is 338 g/mol. The topological polar surface area (TPSA) is 75.5 Å². The zero-order valence-corrected chi connectivity index (χ0v) is 14.7. The zero-order chi connectivity index (χ0) is 17.8. The van der Waals surface area contributed by atoms with E-state index in [4.69, 9.17) is 0 Å². The number of benzene rings is 2. The Morgan fingerprint density at radius 2 is 2.04 bits per heavy atom. The van der Waals surface area contributed by atoms with Crippen molar-refractivity contribution in [3.05, 3.63) is 64.2 Å². The first kappa shape index (κ1) is 17.4. The predicted molar refractivity (Wildman–Crippen MR) is 97.0 cm³/mol. The third-order valence-corrected chi connectivity index (χ3v) is 5.36. The highest BCUT2D eigenvalue weighted by molar-refractivity contribution is 7.99. The first-order valence-corrected chi connectivity index (χ1v) is 8.87. The number of nitro groups is 1. The molecule has 0 radical (unpaired) electrons. The van der Waals surface area contributed by atoms with Crippen LogP contribution < -0.4 is 5.32 Å². The first-order valence-electron chi connectivity index (χ1n) is 8.05. The van der Waals surface area contributed by atoms with Crippen molar-refractivity contribution in [2.45, 2.75) is 22.3 Å². The lowest BCUT2D eigenvalue weighted by Crippen LogP contribution is -2.38. The number of carbonyl (C=O) groups excluding carboxylic acids is 1. The number of nitro benzene ring substituents is 1. The molecule has 0 saturated carbocycles. The average molecular weight is 357 g/mol. The van der Waals surface area contributed by atoms with E-state index in [0.29, 0.717) is 5.56 Å². The number of hydrogen-bond donors (Lipinski definition) is 1. The number of non-ortho nitro benzene ring substituents is 1. The summed E-state index contributed by atoms with van der Waals surface area (Å²) in [5, 5.41) is 14.4. The number of nitrogens with zero attached hydrogens (tertiary/aromatic N) is 2. The monoisotopic (exact) mass is 357 g/mol. The fourth-order valence-corrected chi connectivity index (χ4v) is 3.77. The van der Waals surface area contributed by atoms with Crippen molar-refractivity contribution in [1.82, 2.24) is 10.2 Å². The second-order valence-corrected chi connectivity index (χ2v) is 7.03. The smallest absolute Gasteiger partial charge is 0.270 e. The molecule has 1 heterocycles. The summed E-state index contributed by atoms with van der Waals surface area (Å²) >= 11 is 1.44. The van der Waals surface area contributed by atoms with Crippen molar-refractivity contribution in [2.75, 3.05) is 20.1 Å². The molecule has 0 aromatic heterocycles. The lowest BCUT2D eigenvalue weighted by molar-refractivity contribution is -0.384. The lowest BCUT2D eigenvalue weighted by Gasteiger charge is -2.24. The van der Waals surface area contributed by atoms with Gasteiger partial charge in [0, 0.05) is 41.6 Å². The van der Waals surface area contributed by atoms with Crippen molar-refractivity contribution >= 4 is 23.4 Å². The summed E-state index contributed by atoms with van der Waals surface area (Å²) < 4.78 is 0. The number of amides is 1. The van der Waals surface area contributed by atoms with Crippen molar-refractivity contribution in [3.63, 3.8) is 0 Å². The van der Waals surface area contributed by atoms with E-state index in [0.717, 1.165) is 29.3 Å². The molecule has 25 heavy (non-hydrogen) atoms. The highest BCUT2D eigenvalue weighted by Crippen LogP contribution is 2.33. The summed E-state index contributed by atoms with van der Waals surface area (Å²) in [6, 6.07) is 14.3. The lowest BCUT2D eigenvalue weighted by atomic mass is 10.1. The van der Waals surface area contributed by atoms with Crippen molar-refractivity contribution < 1.29 is 9.72 Å². The van der Waals surface area contributed by atoms with E-state index in [1.165, 1.54) is 23.9 Å². The standard InChI is InChI=1S/C18H19N3O3S/c1-20(14-9-10-19-12-14)18(22)16-11-13(21(23)24)7-8-17(16)25-15-5-3-2-4-6-15/h2-8,11,14,19H,9-10,12H2,1H3. The van der Waals surface area contributed by atoms with Crippen LogP contribution in [0.4, 0.5) is 5.69 Å². The van der Waals surface area contributed by atoms with Crippen LogP contribution in [-0.2, 0) is 0 Å². The first-order chi connectivity index (χ1) is 12.1. The number of hydrogen-bond acceptors (Lipinski definition) is 5. The van der Waals surface area contributed by atoms with Crippen LogP contribution in [0, 0.1) is 10.1 Å². The molecule has 0 bridgehead atoms. The summed E-state index contributed by atoms with van der Waals surface area (Å²) in [7, 11) is 1.76. The number of likely N-dealkylation sites (N-methyl/N-ethyl adjacent to an activating group) is 1. The summed E-state index contributed by atoms with van der Waals surface area (Å²) in [5.74, 6) is -0.184. The Bertz CT molecular complexity index is 776. The van der Waals surface area contributed by atoms with Gasteiger partial charge in [0.1, 0.15) is 0 Å². The minimum Gasteiger partial charge on any atom is -0.337 e. The molecule has 2 aromatic rings. The van der Waals surface area contributed by atoms with Crippen LogP contribution in [0.25, 0.3) is 0 Å². The summed E-state index contributed by atoms with van der Waals surface area (Å²) in [5.41, 5.74) is 0.302. The van der Waals surface area contributed by atoms with Gasteiger partial charge in [0.25, 0.3) is 11.6 Å². The molecule has 1 aliphatic rings. The van der Waals surface area contributed by atoms with Crippen LogP contribution in [0.1, 0.15) is 16.8 Å². The largest absolute Gasteiger partial charge is 0.337 e. The van der Waals surface area contributed by atoms with Gasteiger partial charge in [-0.3, -0.25) is 14.9 Å². The summed E-state index contributed by atoms with van der Waals surface area (Å²) in [6.45, 7) is 1.63. The molecule has 7 heteroatoms. The second-order valence-electron chi connectivity index (χ2n) is 5.92. The SMILES string of the molecule is CN(C(=O)c1cc([N+](=O)[O-])ccc1Sc1ccccc1)C1CCNC1. The summed E-state index contributed by atoms with van der Waals surface area (Å²) in [6.07, 6.45) is 0.887. The van der Waals surface area contributed by atoms with Crippen LogP contribution in [0.2, 0.25) is 0 Å². The molecule has 1 saturated heterocycles. The highest BCUT2D eigenvalue weighted by Gasteiger charge is 2.27. The molecule has 0 spiro atoms. The van der Waals surface area contributed by atoms with Crippen LogP contribution in [0.5, 0.6) is 0 Å². The molecule has 1 fully saturated rings. The number of nitrogens with one attached hydrogen (secondary N) is 1. The van der Waals surface area contributed by atoms with E-state index in [9.17, 15) is 14.9 Å². The van der Waals surface area contributed by atoms with E-state index in [1.54, 1.807) is 18.0 Å². The molecule has 1 unspecified atom stereocenters. The van der Waals surface area contributed by atoms with Gasteiger partial charge in [0.05, 0.1) is 10.5 Å². The van der Waals surface area contributed by atoms with Gasteiger partial charge in [-0.2, -0.15) is 0 Å². The van der Waals surface area contributed by atoms with Gasteiger partial charge < -0.3 is 10.2 Å². The molecule has 0 aliphatic carbocycles. The third-order valence-electron chi connectivity index (χ3n) is 4.28. The van der Waals surface area contributed by atoms with Crippen LogP contribution in [0.15, 0.2) is 58.3 Å². The number of carbonyl (C=O) groups is 1. The number of rotatable bonds is 5. The molecule has 1 aliphatic heterocycles. The van der Waals surface area contributed by atoms with Gasteiger partial charge in [-0.05, 0) is 31.2 Å². The molecule has 2 aromatic carbocycles. The van der Waals surface area contributed by atoms with Gasteiger partial charge in [-0.25, -0.2) is 0 Å². The fraction of sp³-hybridized carbons (Fsp3) is 0.278. The maximum absolute atomic E-state index is 13.0. The molecule has 6 nitrogen and oxygen atoms in total. The normalized spacial score (nSPS) is 16.6. The Labute approximate surface area is 150 Å². The molecule has 1 atom stereocenters. The molecular formula is C18H19N3O3S. The van der Waals surface area contributed by atoms with Gasteiger partial charge in [0.15, 0.2) is 0 Å². The van der Waals surface area contributed by atoms with Crippen molar-refractivity contribution in [3.8, 4) is 0 Å². The van der Waals surface area contributed by atoms with Gasteiger partial charge in [-0.1, -0.05) is 30.0 Å². The van der Waals surface area contributed by atoms with E-state index in [2.05, 4.69) is 5.32 Å². The Morgan fingerprint density at radius 3 is 2.68 bits per heavy atom. The maximum Gasteiger partial charge on any atom is 0.270 e. The molecule has 1 amide bonds. The van der Waals surface area contributed by atoms with Crippen LogP contribution in [-0.4, -0.2) is 41.9 Å². The van der Waals surface area contributed by atoms with E-state index >= 15 is 0 Å². The predicted octanol–water partition coefficient (Wildman–Crippen LogP) is 3.18. The van der Waals surface area contributed by atoms with E-state index < -0.39 is 4.92 Å². The van der Waals surface area contributed by atoms with Crippen LogP contribution >= 0.6 is 11.8 Å². The van der Waals surface area contributed by atoms with E-state index in [1.807, 2.05) is 30.3 Å². The Hall–Kier alpha value is -2.38. The minimum atomic E-state index is -0.467. The van der Waals surface area contributed by atoms with Gasteiger partial charge >= 0.3 is 0 Å². The minimum absolute atomic E-state index is 0.0706. The Balaban J connectivity index is 1.94. The zero-order valence-electron chi connectivity index (χ0n) is 13.8. The van der Waals surface area contributed by atoms with Gasteiger partial charge in [0.2, 0.25) is 0 Å². The highest BCUT2D eigenvalue weighted by atomic mass is 32.2. The van der Waals surface area contributed by atoms with E-state index in [-0.39, 0.29) is 17.6 Å². The quantitative estimate of drug-likeness (QED) is 0.657. The Kier molecular flexibility index (Phi) is 5.35.